The Hall–Kier alpha value is -0.980. The third-order valence-electron chi connectivity index (χ3n) is 1.64. The smallest absolute Gasteiger partial charge is 0.122 e. The summed E-state index contributed by atoms with van der Waals surface area (Å²) in [7, 11) is 0. The Morgan fingerprint density at radius 3 is 2.50 bits per heavy atom. The van der Waals surface area contributed by atoms with Crippen molar-refractivity contribution < 1.29 is 4.74 Å². The van der Waals surface area contributed by atoms with Crippen LogP contribution in [0.15, 0.2) is 18.2 Å². The molecule has 0 fully saturated rings. The highest BCUT2D eigenvalue weighted by atomic mass is 16.5. The first-order valence-corrected chi connectivity index (χ1v) is 3.94. The second-order valence-corrected chi connectivity index (χ2v) is 2.70. The highest BCUT2D eigenvalue weighted by Gasteiger charge is 1.96. The highest BCUT2D eigenvalue weighted by Crippen LogP contribution is 2.18. The highest BCUT2D eigenvalue weighted by molar-refractivity contribution is 5.35. The minimum atomic E-state index is 0. The zero-order valence-electron chi connectivity index (χ0n) is 7.35. The molecule has 12 heavy (non-hydrogen) atoms. The van der Waals surface area contributed by atoms with Gasteiger partial charge >= 0.3 is 0 Å². The van der Waals surface area contributed by atoms with Crippen molar-refractivity contribution in [1.29, 1.82) is 0 Å². The SMILES string of the molecule is C.CCOc1cc(C)ccc1C. The standard InChI is InChI=1S/C10H14O.CH4/c1-4-11-10-7-8(2)5-6-9(10)3;/h5-7H,4H2,1-3H3;1H4. The fourth-order valence-corrected chi connectivity index (χ4v) is 1.02. The molecule has 0 bridgehead atoms. The summed E-state index contributed by atoms with van der Waals surface area (Å²) in [6.45, 7) is 6.87. The predicted octanol–water partition coefficient (Wildman–Crippen LogP) is 3.34. The fourth-order valence-electron chi connectivity index (χ4n) is 1.02. The monoisotopic (exact) mass is 166 g/mol. The van der Waals surface area contributed by atoms with Gasteiger partial charge in [-0.1, -0.05) is 19.6 Å². The summed E-state index contributed by atoms with van der Waals surface area (Å²) < 4.78 is 5.42. The number of rotatable bonds is 2. The van der Waals surface area contributed by atoms with E-state index in [2.05, 4.69) is 32.0 Å². The maximum absolute atomic E-state index is 5.42. The molecule has 0 saturated heterocycles. The van der Waals surface area contributed by atoms with Gasteiger partial charge in [0, 0.05) is 0 Å². The lowest BCUT2D eigenvalue weighted by Gasteiger charge is -2.06. The second kappa shape index (κ2) is 4.81. The van der Waals surface area contributed by atoms with Gasteiger partial charge in [-0.15, -0.1) is 0 Å². The van der Waals surface area contributed by atoms with Crippen LogP contribution in [0.2, 0.25) is 0 Å². The number of ether oxygens (including phenoxy) is 1. The largest absolute Gasteiger partial charge is 0.494 e. The molecular formula is C11H18O. The Morgan fingerprint density at radius 2 is 1.92 bits per heavy atom. The molecule has 0 aliphatic heterocycles. The quantitative estimate of drug-likeness (QED) is 0.654. The van der Waals surface area contributed by atoms with E-state index in [-0.39, 0.29) is 7.43 Å². The molecule has 0 N–H and O–H groups in total. The summed E-state index contributed by atoms with van der Waals surface area (Å²) in [5.74, 6) is 1.01. The van der Waals surface area contributed by atoms with E-state index < -0.39 is 0 Å². The lowest BCUT2D eigenvalue weighted by atomic mass is 10.1. The first-order valence-electron chi connectivity index (χ1n) is 3.94. The summed E-state index contributed by atoms with van der Waals surface area (Å²) in [6, 6.07) is 6.25. The molecule has 0 spiro atoms. The molecular weight excluding hydrogens is 148 g/mol. The molecule has 0 unspecified atom stereocenters. The molecule has 0 heterocycles. The van der Waals surface area contributed by atoms with Crippen LogP contribution in [-0.4, -0.2) is 6.61 Å². The number of aryl methyl sites for hydroxylation is 2. The summed E-state index contributed by atoms with van der Waals surface area (Å²) in [6.07, 6.45) is 0. The van der Waals surface area contributed by atoms with Gasteiger partial charge in [0.2, 0.25) is 0 Å². The van der Waals surface area contributed by atoms with Crippen LogP contribution >= 0.6 is 0 Å². The van der Waals surface area contributed by atoms with Gasteiger partial charge in [0.25, 0.3) is 0 Å². The van der Waals surface area contributed by atoms with Crippen molar-refractivity contribution in [2.45, 2.75) is 28.2 Å². The third-order valence-corrected chi connectivity index (χ3v) is 1.64. The molecule has 1 rings (SSSR count). The number of hydrogen-bond donors (Lipinski definition) is 0. The molecule has 68 valence electrons. The van der Waals surface area contributed by atoms with Gasteiger partial charge < -0.3 is 4.74 Å². The van der Waals surface area contributed by atoms with E-state index in [9.17, 15) is 0 Å². The van der Waals surface area contributed by atoms with Gasteiger partial charge in [0.1, 0.15) is 5.75 Å². The Morgan fingerprint density at radius 1 is 1.25 bits per heavy atom. The summed E-state index contributed by atoms with van der Waals surface area (Å²) in [4.78, 5) is 0. The fraction of sp³-hybridized carbons (Fsp3) is 0.455. The lowest BCUT2D eigenvalue weighted by molar-refractivity contribution is 0.337. The van der Waals surface area contributed by atoms with Gasteiger partial charge in [-0.25, -0.2) is 0 Å². The molecule has 0 aliphatic rings. The maximum atomic E-state index is 5.42. The summed E-state index contributed by atoms with van der Waals surface area (Å²) in [5.41, 5.74) is 2.46. The first kappa shape index (κ1) is 11.0. The van der Waals surface area contributed by atoms with Gasteiger partial charge in [0.05, 0.1) is 6.61 Å². The van der Waals surface area contributed by atoms with Crippen molar-refractivity contribution in [2.75, 3.05) is 6.61 Å². The Kier molecular flexibility index (Phi) is 4.42. The van der Waals surface area contributed by atoms with Crippen molar-refractivity contribution in [3.05, 3.63) is 29.3 Å². The Balaban J connectivity index is 0.00000121. The van der Waals surface area contributed by atoms with Gasteiger partial charge in [0.15, 0.2) is 0 Å². The van der Waals surface area contributed by atoms with Crippen LogP contribution in [0.25, 0.3) is 0 Å². The Labute approximate surface area is 75.4 Å². The molecule has 1 aromatic carbocycles. The zero-order chi connectivity index (χ0) is 8.27. The van der Waals surface area contributed by atoms with Crippen molar-refractivity contribution in [1.82, 2.24) is 0 Å². The van der Waals surface area contributed by atoms with E-state index in [1.54, 1.807) is 0 Å². The van der Waals surface area contributed by atoms with Crippen LogP contribution in [0.1, 0.15) is 25.5 Å². The van der Waals surface area contributed by atoms with Crippen molar-refractivity contribution in [3.63, 3.8) is 0 Å². The normalized spacial score (nSPS) is 8.92. The molecule has 1 heteroatoms. The van der Waals surface area contributed by atoms with Gasteiger partial charge in [-0.05, 0) is 38.0 Å². The van der Waals surface area contributed by atoms with E-state index in [0.29, 0.717) is 0 Å². The van der Waals surface area contributed by atoms with Crippen LogP contribution in [0, 0.1) is 13.8 Å². The van der Waals surface area contributed by atoms with Crippen LogP contribution < -0.4 is 4.74 Å². The predicted molar refractivity (Wildman–Crippen MR) is 53.8 cm³/mol. The first-order chi connectivity index (χ1) is 5.24. The van der Waals surface area contributed by atoms with E-state index in [4.69, 9.17) is 4.74 Å². The molecule has 0 amide bonds. The molecule has 0 aliphatic carbocycles. The van der Waals surface area contributed by atoms with Crippen LogP contribution in [0.3, 0.4) is 0 Å². The van der Waals surface area contributed by atoms with E-state index in [0.717, 1.165) is 12.4 Å². The average molecular weight is 166 g/mol. The molecule has 1 nitrogen and oxygen atoms in total. The topological polar surface area (TPSA) is 9.23 Å². The van der Waals surface area contributed by atoms with Crippen LogP contribution in [-0.2, 0) is 0 Å². The molecule has 1 aromatic rings. The minimum absolute atomic E-state index is 0. The average Bonchev–Trinajstić information content (AvgIpc) is 1.98. The van der Waals surface area contributed by atoms with Crippen molar-refractivity contribution in [2.24, 2.45) is 0 Å². The summed E-state index contributed by atoms with van der Waals surface area (Å²) in [5, 5.41) is 0. The zero-order valence-corrected chi connectivity index (χ0v) is 7.35. The number of hydrogen-bond acceptors (Lipinski definition) is 1. The molecule has 0 aromatic heterocycles. The maximum Gasteiger partial charge on any atom is 0.122 e. The van der Waals surface area contributed by atoms with Crippen molar-refractivity contribution in [3.8, 4) is 5.75 Å². The van der Waals surface area contributed by atoms with Gasteiger partial charge in [-0.2, -0.15) is 0 Å². The third kappa shape index (κ3) is 2.57. The molecule has 0 saturated carbocycles. The molecule has 0 radical (unpaired) electrons. The van der Waals surface area contributed by atoms with Crippen LogP contribution in [0.4, 0.5) is 0 Å². The Bertz CT molecular complexity index is 241. The lowest BCUT2D eigenvalue weighted by Crippen LogP contribution is -1.93. The second-order valence-electron chi connectivity index (χ2n) is 2.70. The minimum Gasteiger partial charge on any atom is -0.494 e. The van der Waals surface area contributed by atoms with E-state index >= 15 is 0 Å². The number of benzene rings is 1. The molecule has 0 atom stereocenters. The van der Waals surface area contributed by atoms with E-state index in [1.807, 2.05) is 6.92 Å². The van der Waals surface area contributed by atoms with E-state index in [1.165, 1.54) is 11.1 Å². The summed E-state index contributed by atoms with van der Waals surface area (Å²) >= 11 is 0. The van der Waals surface area contributed by atoms with Crippen LogP contribution in [0.5, 0.6) is 5.75 Å². The van der Waals surface area contributed by atoms with Gasteiger partial charge in [-0.3, -0.25) is 0 Å². The van der Waals surface area contributed by atoms with Crippen molar-refractivity contribution >= 4 is 0 Å².